The van der Waals surface area contributed by atoms with Crippen molar-refractivity contribution in [3.8, 4) is 0 Å². The Morgan fingerprint density at radius 1 is 1.53 bits per heavy atom. The van der Waals surface area contributed by atoms with E-state index in [0.717, 1.165) is 12.8 Å². The molecular weight excluding hydrogens is 290 g/mol. The molecule has 0 radical (unpaired) electrons. The molecule has 0 aromatic rings. The third-order valence-corrected chi connectivity index (χ3v) is 6.94. The molecule has 1 N–H and O–H groups in total. The van der Waals surface area contributed by atoms with Crippen LogP contribution < -0.4 is 0 Å². The molecule has 0 aliphatic carbocycles. The monoisotopic (exact) mass is 309 g/mol. The number of hydrogen-bond donors (Lipinski definition) is 1. The molecule has 19 heavy (non-hydrogen) atoms. The highest BCUT2D eigenvalue weighted by Gasteiger charge is 2.45. The first kappa shape index (κ1) is 15.1. The van der Waals surface area contributed by atoms with Crippen LogP contribution in [0.5, 0.6) is 0 Å². The number of rotatable bonds is 5. The highest BCUT2D eigenvalue weighted by molar-refractivity contribution is 8.01. The van der Waals surface area contributed by atoms with Gasteiger partial charge in [-0.1, -0.05) is 6.92 Å². The summed E-state index contributed by atoms with van der Waals surface area (Å²) in [5, 5.41) is 8.90. The summed E-state index contributed by atoms with van der Waals surface area (Å²) < 4.78 is 31.4. The fourth-order valence-corrected chi connectivity index (χ4v) is 6.37. The van der Waals surface area contributed by atoms with Crippen molar-refractivity contribution in [3.05, 3.63) is 0 Å². The summed E-state index contributed by atoms with van der Waals surface area (Å²) in [4.78, 5) is 11.2. The third kappa shape index (κ3) is 3.24. The van der Waals surface area contributed by atoms with Crippen molar-refractivity contribution in [1.82, 2.24) is 4.31 Å². The molecule has 6 nitrogen and oxygen atoms in total. The number of sulfonamides is 1. The number of ether oxygens (including phenoxy) is 1. The maximum Gasteiger partial charge on any atom is 0.322 e. The van der Waals surface area contributed by atoms with Gasteiger partial charge < -0.3 is 9.84 Å². The molecule has 2 aliphatic rings. The van der Waals surface area contributed by atoms with Crippen LogP contribution in [0.1, 0.15) is 26.2 Å². The Morgan fingerprint density at radius 3 is 2.79 bits per heavy atom. The summed E-state index contributed by atoms with van der Waals surface area (Å²) in [7, 11) is -3.59. The molecule has 8 heteroatoms. The minimum atomic E-state index is -3.59. The smallest absolute Gasteiger partial charge is 0.322 e. The van der Waals surface area contributed by atoms with Crippen LogP contribution in [-0.2, 0) is 19.6 Å². The van der Waals surface area contributed by atoms with Gasteiger partial charge in [-0.25, -0.2) is 8.42 Å². The van der Waals surface area contributed by atoms with Gasteiger partial charge in [-0.3, -0.25) is 4.79 Å². The lowest BCUT2D eigenvalue weighted by atomic mass is 10.3. The van der Waals surface area contributed by atoms with Crippen LogP contribution in [0.15, 0.2) is 0 Å². The van der Waals surface area contributed by atoms with Crippen LogP contribution in [0.4, 0.5) is 0 Å². The van der Waals surface area contributed by atoms with Gasteiger partial charge in [0, 0.05) is 12.4 Å². The topological polar surface area (TPSA) is 83.9 Å². The van der Waals surface area contributed by atoms with Gasteiger partial charge in [0.1, 0.15) is 6.04 Å². The molecule has 2 rings (SSSR count). The Bertz CT molecular complexity index is 432. The molecular formula is C11H19NO5S2. The molecule has 2 fully saturated rings. The van der Waals surface area contributed by atoms with E-state index >= 15 is 0 Å². The van der Waals surface area contributed by atoms with Crippen molar-refractivity contribution >= 4 is 27.8 Å². The molecule has 3 atom stereocenters. The summed E-state index contributed by atoms with van der Waals surface area (Å²) in [6.45, 7) is 2.46. The maximum atomic E-state index is 12.4. The molecule has 0 bridgehead atoms. The Morgan fingerprint density at radius 2 is 2.26 bits per heavy atom. The van der Waals surface area contributed by atoms with Crippen molar-refractivity contribution in [3.63, 3.8) is 0 Å². The van der Waals surface area contributed by atoms with Gasteiger partial charge in [0.05, 0.1) is 17.2 Å². The highest BCUT2D eigenvalue weighted by atomic mass is 32.2. The Labute approximate surface area is 117 Å². The van der Waals surface area contributed by atoms with Gasteiger partial charge in [0.2, 0.25) is 10.0 Å². The largest absolute Gasteiger partial charge is 0.480 e. The molecule has 0 saturated carbocycles. The zero-order valence-corrected chi connectivity index (χ0v) is 12.5. The molecule has 0 aromatic heterocycles. The Kier molecular flexibility index (Phi) is 4.75. The number of carboxylic acid groups (broad SMARTS) is 1. The number of hydrogen-bond acceptors (Lipinski definition) is 5. The zero-order valence-electron chi connectivity index (χ0n) is 10.8. The van der Waals surface area contributed by atoms with Crippen LogP contribution in [0.2, 0.25) is 0 Å². The highest BCUT2D eigenvalue weighted by Crippen LogP contribution is 2.34. The second-order valence-corrected chi connectivity index (χ2v) is 7.92. The summed E-state index contributed by atoms with van der Waals surface area (Å²) in [5.74, 6) is -0.855. The number of aliphatic carboxylic acids is 1. The first-order chi connectivity index (χ1) is 8.95. The van der Waals surface area contributed by atoms with E-state index in [1.165, 1.54) is 16.1 Å². The van der Waals surface area contributed by atoms with Crippen LogP contribution in [0.25, 0.3) is 0 Å². The molecule has 2 aliphatic heterocycles. The van der Waals surface area contributed by atoms with E-state index in [4.69, 9.17) is 4.74 Å². The fourth-order valence-electron chi connectivity index (χ4n) is 2.50. The Balaban J connectivity index is 2.16. The minimum absolute atomic E-state index is 0.103. The first-order valence-corrected chi connectivity index (χ1v) is 9.08. The predicted octanol–water partition coefficient (Wildman–Crippen LogP) is 0.733. The van der Waals surface area contributed by atoms with E-state index in [2.05, 4.69) is 0 Å². The maximum absolute atomic E-state index is 12.4. The van der Waals surface area contributed by atoms with E-state index < -0.39 is 22.0 Å². The van der Waals surface area contributed by atoms with Crippen molar-refractivity contribution in [2.45, 2.75) is 43.7 Å². The van der Waals surface area contributed by atoms with Gasteiger partial charge in [0.15, 0.2) is 0 Å². The molecule has 0 spiro atoms. The second-order valence-electron chi connectivity index (χ2n) is 4.79. The van der Waals surface area contributed by atoms with Gasteiger partial charge in [-0.15, -0.1) is 11.8 Å². The van der Waals surface area contributed by atoms with Crippen LogP contribution in [-0.4, -0.2) is 59.4 Å². The predicted molar refractivity (Wildman–Crippen MR) is 72.6 cm³/mol. The van der Waals surface area contributed by atoms with Gasteiger partial charge >= 0.3 is 5.97 Å². The van der Waals surface area contributed by atoms with Crippen LogP contribution in [0, 0.1) is 0 Å². The van der Waals surface area contributed by atoms with E-state index in [1.807, 2.05) is 6.92 Å². The summed E-state index contributed by atoms with van der Waals surface area (Å²) in [5.41, 5.74) is 0. The molecule has 110 valence electrons. The molecule has 2 saturated heterocycles. The lowest BCUT2D eigenvalue weighted by molar-refractivity contribution is -0.140. The standard InChI is InChI=1S/C11H19NO5S2/c1-2-10-12(9(6-18-10)11(13)14)19(15,16)7-8-4-3-5-17-8/h8-10H,2-7H2,1H3,(H,13,14). The van der Waals surface area contributed by atoms with E-state index in [9.17, 15) is 18.3 Å². The summed E-state index contributed by atoms with van der Waals surface area (Å²) in [6, 6.07) is -0.943. The summed E-state index contributed by atoms with van der Waals surface area (Å²) in [6.07, 6.45) is 1.92. The number of thioether (sulfide) groups is 1. The van der Waals surface area contributed by atoms with Gasteiger partial charge in [0.25, 0.3) is 0 Å². The van der Waals surface area contributed by atoms with Gasteiger partial charge in [-0.2, -0.15) is 4.31 Å². The summed E-state index contributed by atoms with van der Waals surface area (Å²) >= 11 is 1.40. The van der Waals surface area contributed by atoms with Crippen molar-refractivity contribution < 1.29 is 23.1 Å². The fraction of sp³-hybridized carbons (Fsp3) is 0.909. The van der Waals surface area contributed by atoms with Crippen molar-refractivity contribution in [2.24, 2.45) is 0 Å². The van der Waals surface area contributed by atoms with E-state index in [1.54, 1.807) is 0 Å². The SMILES string of the molecule is CCC1SCC(C(=O)O)N1S(=O)(=O)CC1CCCO1. The van der Waals surface area contributed by atoms with Crippen molar-refractivity contribution in [2.75, 3.05) is 18.1 Å². The normalized spacial score (nSPS) is 32.8. The average Bonchev–Trinajstić information content (AvgIpc) is 2.95. The van der Waals surface area contributed by atoms with Crippen molar-refractivity contribution in [1.29, 1.82) is 0 Å². The van der Waals surface area contributed by atoms with Crippen LogP contribution >= 0.6 is 11.8 Å². The minimum Gasteiger partial charge on any atom is -0.480 e. The second kappa shape index (κ2) is 5.99. The van der Waals surface area contributed by atoms with Crippen LogP contribution in [0.3, 0.4) is 0 Å². The first-order valence-electron chi connectivity index (χ1n) is 6.43. The lowest BCUT2D eigenvalue weighted by Gasteiger charge is -2.26. The quantitative estimate of drug-likeness (QED) is 0.806. The average molecular weight is 309 g/mol. The lowest BCUT2D eigenvalue weighted by Crippen LogP contribution is -2.47. The Hall–Kier alpha value is -0.310. The van der Waals surface area contributed by atoms with Gasteiger partial charge in [-0.05, 0) is 19.3 Å². The number of nitrogens with zero attached hydrogens (tertiary/aromatic N) is 1. The molecule has 0 amide bonds. The number of carbonyl (C=O) groups is 1. The third-order valence-electron chi connectivity index (χ3n) is 3.41. The van der Waals surface area contributed by atoms with E-state index in [0.29, 0.717) is 18.8 Å². The number of carboxylic acids is 1. The van der Waals surface area contributed by atoms with E-state index in [-0.39, 0.29) is 17.2 Å². The molecule has 3 unspecified atom stereocenters. The molecule has 2 heterocycles. The zero-order chi connectivity index (χ0) is 14.0. The molecule has 0 aromatic carbocycles.